The van der Waals surface area contributed by atoms with Gasteiger partial charge in [-0.1, -0.05) is 30.0 Å². The van der Waals surface area contributed by atoms with Crippen molar-refractivity contribution in [3.05, 3.63) is 58.6 Å². The van der Waals surface area contributed by atoms with Crippen molar-refractivity contribution < 1.29 is 9.72 Å². The zero-order valence-corrected chi connectivity index (χ0v) is 15.9. The summed E-state index contributed by atoms with van der Waals surface area (Å²) in [6.07, 6.45) is 0. The number of amides is 1. The number of anilines is 1. The second-order valence-electron chi connectivity index (χ2n) is 5.87. The number of rotatable bonds is 6. The molecule has 0 bridgehead atoms. The van der Waals surface area contributed by atoms with Gasteiger partial charge < -0.3 is 4.90 Å². The van der Waals surface area contributed by atoms with Gasteiger partial charge in [-0.05, 0) is 32.0 Å². The maximum absolute atomic E-state index is 12.7. The number of nitro groups is 1. The van der Waals surface area contributed by atoms with E-state index in [1.807, 2.05) is 44.2 Å². The lowest BCUT2D eigenvalue weighted by Crippen LogP contribution is -2.38. The second-order valence-corrected chi connectivity index (χ2v) is 8.12. The molecule has 6 nitrogen and oxygen atoms in total. The molecule has 3 rings (SSSR count). The third-order valence-electron chi connectivity index (χ3n) is 3.70. The highest BCUT2D eigenvalue weighted by Crippen LogP contribution is 2.32. The van der Waals surface area contributed by atoms with E-state index in [0.29, 0.717) is 5.52 Å². The van der Waals surface area contributed by atoms with Crippen molar-refractivity contribution in [2.45, 2.75) is 24.2 Å². The molecule has 0 unspecified atom stereocenters. The molecule has 3 aromatic rings. The Balaban J connectivity index is 1.74. The van der Waals surface area contributed by atoms with Crippen molar-refractivity contribution in [1.29, 1.82) is 0 Å². The van der Waals surface area contributed by atoms with E-state index in [9.17, 15) is 14.9 Å². The molecular formula is C18H17N3O3S2. The number of thiazole rings is 1. The van der Waals surface area contributed by atoms with Crippen molar-refractivity contribution in [3.63, 3.8) is 0 Å². The van der Waals surface area contributed by atoms with Crippen LogP contribution in [-0.4, -0.2) is 27.6 Å². The number of aromatic nitrogens is 1. The lowest BCUT2D eigenvalue weighted by atomic mass is 10.2. The number of nitro benzene ring substituents is 1. The fourth-order valence-corrected chi connectivity index (χ4v) is 4.54. The van der Waals surface area contributed by atoms with Crippen LogP contribution in [0.1, 0.15) is 13.8 Å². The number of carbonyl (C=O) groups excluding carboxylic acids is 1. The zero-order chi connectivity index (χ0) is 18.7. The Hall–Kier alpha value is -2.45. The van der Waals surface area contributed by atoms with Crippen molar-refractivity contribution >= 4 is 50.6 Å². The molecule has 8 heteroatoms. The van der Waals surface area contributed by atoms with Crippen molar-refractivity contribution in [2.75, 3.05) is 10.7 Å². The van der Waals surface area contributed by atoms with Crippen LogP contribution in [0.4, 0.5) is 11.4 Å². The predicted molar refractivity (Wildman–Crippen MR) is 106 cm³/mol. The number of non-ortho nitro benzene ring substituents is 1. The van der Waals surface area contributed by atoms with E-state index in [1.54, 1.807) is 11.0 Å². The Morgan fingerprint density at radius 2 is 2.00 bits per heavy atom. The Labute approximate surface area is 159 Å². The zero-order valence-electron chi connectivity index (χ0n) is 14.3. The number of hydrogen-bond acceptors (Lipinski definition) is 6. The summed E-state index contributed by atoms with van der Waals surface area (Å²) >= 11 is 2.72. The molecule has 0 aliphatic carbocycles. The monoisotopic (exact) mass is 387 g/mol. The molecular weight excluding hydrogens is 370 g/mol. The van der Waals surface area contributed by atoms with Crippen LogP contribution in [0.3, 0.4) is 0 Å². The van der Waals surface area contributed by atoms with E-state index in [1.165, 1.54) is 35.2 Å². The fourth-order valence-electron chi connectivity index (χ4n) is 2.58. The molecule has 1 aromatic heterocycles. The molecule has 1 amide bonds. The number of para-hydroxylation sites is 1. The van der Waals surface area contributed by atoms with Gasteiger partial charge in [0.05, 0.1) is 20.9 Å². The van der Waals surface area contributed by atoms with Gasteiger partial charge in [-0.25, -0.2) is 4.98 Å². The van der Waals surface area contributed by atoms with Gasteiger partial charge in [0, 0.05) is 23.9 Å². The minimum Gasteiger partial charge on any atom is -0.309 e. The van der Waals surface area contributed by atoms with Crippen molar-refractivity contribution in [2.24, 2.45) is 0 Å². The molecule has 0 spiro atoms. The molecule has 0 saturated carbocycles. The summed E-state index contributed by atoms with van der Waals surface area (Å²) in [7, 11) is 0. The van der Waals surface area contributed by atoms with Crippen LogP contribution in [0.25, 0.3) is 10.2 Å². The first kappa shape index (κ1) is 18.3. The van der Waals surface area contributed by atoms with Crippen LogP contribution in [0.15, 0.2) is 52.9 Å². The van der Waals surface area contributed by atoms with Crippen LogP contribution in [-0.2, 0) is 4.79 Å². The predicted octanol–water partition coefficient (Wildman–Crippen LogP) is 4.74. The van der Waals surface area contributed by atoms with E-state index < -0.39 is 4.92 Å². The average Bonchev–Trinajstić information content (AvgIpc) is 3.02. The van der Waals surface area contributed by atoms with Crippen molar-refractivity contribution in [1.82, 2.24) is 4.98 Å². The van der Waals surface area contributed by atoms with E-state index in [4.69, 9.17) is 0 Å². The third kappa shape index (κ3) is 4.03. The number of nitrogens with zero attached hydrogens (tertiary/aromatic N) is 3. The summed E-state index contributed by atoms with van der Waals surface area (Å²) in [5, 5.41) is 10.9. The number of fused-ring (bicyclic) bond motifs is 1. The standard InChI is InChI=1S/C18H17N3O3S2/c1-12(2)20(13-6-4-3-5-7-13)17(22)11-25-18-19-15-9-8-14(21(23)24)10-16(15)26-18/h3-10,12H,11H2,1-2H3. The minimum atomic E-state index is -0.421. The maximum Gasteiger partial charge on any atom is 0.270 e. The fraction of sp³-hybridized carbons (Fsp3) is 0.222. The van der Waals surface area contributed by atoms with E-state index in [-0.39, 0.29) is 23.4 Å². The molecule has 0 fully saturated rings. The summed E-state index contributed by atoms with van der Waals surface area (Å²) in [5.41, 5.74) is 1.62. The van der Waals surface area contributed by atoms with Gasteiger partial charge in [-0.15, -0.1) is 11.3 Å². The van der Waals surface area contributed by atoms with Gasteiger partial charge in [0.2, 0.25) is 5.91 Å². The SMILES string of the molecule is CC(C)N(C(=O)CSc1nc2ccc([N+](=O)[O-])cc2s1)c1ccccc1. The average molecular weight is 387 g/mol. The van der Waals surface area contributed by atoms with Crippen molar-refractivity contribution in [3.8, 4) is 0 Å². The molecule has 0 aliphatic rings. The third-order valence-corrected chi connectivity index (χ3v) is 5.85. The highest BCUT2D eigenvalue weighted by atomic mass is 32.2. The van der Waals surface area contributed by atoms with Gasteiger partial charge in [0.1, 0.15) is 0 Å². The summed E-state index contributed by atoms with van der Waals surface area (Å²) in [5.74, 6) is 0.260. The minimum absolute atomic E-state index is 0.00133. The largest absolute Gasteiger partial charge is 0.309 e. The first-order chi connectivity index (χ1) is 12.5. The molecule has 0 saturated heterocycles. The number of carbonyl (C=O) groups is 1. The molecule has 0 aliphatic heterocycles. The maximum atomic E-state index is 12.7. The van der Waals surface area contributed by atoms with Crippen LogP contribution < -0.4 is 4.90 Å². The van der Waals surface area contributed by atoms with Gasteiger partial charge in [-0.3, -0.25) is 14.9 Å². The Bertz CT molecular complexity index is 941. The van der Waals surface area contributed by atoms with Gasteiger partial charge >= 0.3 is 0 Å². The smallest absolute Gasteiger partial charge is 0.270 e. The first-order valence-corrected chi connectivity index (χ1v) is 9.81. The molecule has 26 heavy (non-hydrogen) atoms. The lowest BCUT2D eigenvalue weighted by Gasteiger charge is -2.26. The summed E-state index contributed by atoms with van der Waals surface area (Å²) in [6, 6.07) is 14.2. The van der Waals surface area contributed by atoms with E-state index in [2.05, 4.69) is 4.98 Å². The number of thioether (sulfide) groups is 1. The molecule has 0 N–H and O–H groups in total. The summed E-state index contributed by atoms with van der Waals surface area (Å²) in [6.45, 7) is 3.96. The molecule has 134 valence electrons. The topological polar surface area (TPSA) is 76.3 Å². The Morgan fingerprint density at radius 1 is 1.27 bits per heavy atom. The van der Waals surface area contributed by atoms with Crippen LogP contribution in [0.2, 0.25) is 0 Å². The Morgan fingerprint density at radius 3 is 2.65 bits per heavy atom. The molecule has 0 atom stereocenters. The van der Waals surface area contributed by atoms with E-state index in [0.717, 1.165) is 14.7 Å². The second kappa shape index (κ2) is 7.84. The number of benzene rings is 2. The summed E-state index contributed by atoms with van der Waals surface area (Å²) in [4.78, 5) is 29.4. The van der Waals surface area contributed by atoms with Crippen LogP contribution in [0, 0.1) is 10.1 Å². The van der Waals surface area contributed by atoms with Crippen LogP contribution in [0.5, 0.6) is 0 Å². The normalized spacial score (nSPS) is 11.0. The highest BCUT2D eigenvalue weighted by molar-refractivity contribution is 8.01. The van der Waals surface area contributed by atoms with Gasteiger partial charge in [0.25, 0.3) is 5.69 Å². The molecule has 2 aromatic carbocycles. The highest BCUT2D eigenvalue weighted by Gasteiger charge is 2.20. The van der Waals surface area contributed by atoms with Crippen LogP contribution >= 0.6 is 23.1 Å². The molecule has 1 heterocycles. The number of hydrogen-bond donors (Lipinski definition) is 0. The lowest BCUT2D eigenvalue weighted by molar-refractivity contribution is -0.384. The summed E-state index contributed by atoms with van der Waals surface area (Å²) < 4.78 is 1.48. The molecule has 0 radical (unpaired) electrons. The first-order valence-electron chi connectivity index (χ1n) is 8.00. The Kier molecular flexibility index (Phi) is 5.53. The quantitative estimate of drug-likeness (QED) is 0.347. The van der Waals surface area contributed by atoms with Gasteiger partial charge in [-0.2, -0.15) is 0 Å². The van der Waals surface area contributed by atoms with E-state index >= 15 is 0 Å². The van der Waals surface area contributed by atoms with Gasteiger partial charge in [0.15, 0.2) is 4.34 Å².